The lowest BCUT2D eigenvalue weighted by Gasteiger charge is -2.37. The Labute approximate surface area is 88.8 Å². The van der Waals surface area contributed by atoms with E-state index < -0.39 is 0 Å². The van der Waals surface area contributed by atoms with Gasteiger partial charge in [-0.2, -0.15) is 0 Å². The Hall–Kier alpha value is -0.300. The summed E-state index contributed by atoms with van der Waals surface area (Å²) in [6.45, 7) is 10.7. The number of nitrogens with two attached hydrogens (primary N) is 1. The summed E-state index contributed by atoms with van der Waals surface area (Å²) >= 11 is 0. The third-order valence-electron chi connectivity index (χ3n) is 3.60. The predicted molar refractivity (Wildman–Crippen MR) is 63.1 cm³/mol. The van der Waals surface area contributed by atoms with Crippen LogP contribution >= 0.6 is 0 Å². The monoisotopic (exact) mass is 195 g/mol. The van der Waals surface area contributed by atoms with Gasteiger partial charge in [0.2, 0.25) is 0 Å². The minimum atomic E-state index is 0.215. The molecule has 1 aliphatic carbocycles. The van der Waals surface area contributed by atoms with E-state index in [1.165, 1.54) is 32.1 Å². The zero-order valence-electron chi connectivity index (χ0n) is 9.97. The average molecular weight is 195 g/mol. The molecule has 0 heterocycles. The molecule has 0 aromatic rings. The molecule has 1 nitrogen and oxygen atoms in total. The fraction of sp³-hybridized carbons (Fsp3) is 0.846. The standard InChI is InChI=1S/C13H25N/c1-10(2)9-13(7-5-6-8-13)12(14)11(3)4/h10,12H,3,5-9,14H2,1-2,4H3. The Morgan fingerprint density at radius 1 is 1.36 bits per heavy atom. The van der Waals surface area contributed by atoms with Gasteiger partial charge in [0.15, 0.2) is 0 Å². The molecule has 0 radical (unpaired) electrons. The van der Waals surface area contributed by atoms with Crippen molar-refractivity contribution in [2.24, 2.45) is 17.1 Å². The van der Waals surface area contributed by atoms with E-state index in [9.17, 15) is 0 Å². The van der Waals surface area contributed by atoms with Gasteiger partial charge in [0.1, 0.15) is 0 Å². The van der Waals surface area contributed by atoms with Gasteiger partial charge in [-0.25, -0.2) is 0 Å². The molecule has 1 fully saturated rings. The average Bonchev–Trinajstić information content (AvgIpc) is 2.51. The Bertz CT molecular complexity index is 199. The van der Waals surface area contributed by atoms with Crippen LogP contribution in [0.15, 0.2) is 12.2 Å². The largest absolute Gasteiger partial charge is 0.324 e. The van der Waals surface area contributed by atoms with Crippen LogP contribution in [0.1, 0.15) is 52.9 Å². The van der Waals surface area contributed by atoms with E-state index >= 15 is 0 Å². The van der Waals surface area contributed by atoms with Crippen LogP contribution in [-0.4, -0.2) is 6.04 Å². The molecule has 0 aromatic carbocycles. The number of rotatable bonds is 4. The van der Waals surface area contributed by atoms with E-state index in [1.807, 2.05) is 0 Å². The maximum atomic E-state index is 6.31. The first-order valence-corrected chi connectivity index (χ1v) is 5.89. The maximum Gasteiger partial charge on any atom is 0.0305 e. The Kier molecular flexibility index (Phi) is 3.77. The predicted octanol–water partition coefficient (Wildman–Crippen LogP) is 3.50. The highest BCUT2D eigenvalue weighted by Crippen LogP contribution is 2.46. The molecule has 0 amide bonds. The summed E-state index contributed by atoms with van der Waals surface area (Å²) in [5.41, 5.74) is 7.84. The highest BCUT2D eigenvalue weighted by molar-refractivity contribution is 5.10. The van der Waals surface area contributed by atoms with Gasteiger partial charge in [-0.1, -0.05) is 38.8 Å². The molecule has 1 atom stereocenters. The van der Waals surface area contributed by atoms with E-state index in [0.717, 1.165) is 11.5 Å². The topological polar surface area (TPSA) is 26.0 Å². The molecule has 82 valence electrons. The second-order valence-electron chi connectivity index (χ2n) is 5.49. The van der Waals surface area contributed by atoms with Crippen LogP contribution in [0.3, 0.4) is 0 Å². The molecule has 0 bridgehead atoms. The SMILES string of the molecule is C=C(C)C(N)C1(CC(C)C)CCCC1. The van der Waals surface area contributed by atoms with E-state index in [1.54, 1.807) is 0 Å². The summed E-state index contributed by atoms with van der Waals surface area (Å²) in [4.78, 5) is 0. The van der Waals surface area contributed by atoms with Crippen molar-refractivity contribution in [3.8, 4) is 0 Å². The van der Waals surface area contributed by atoms with E-state index in [4.69, 9.17) is 5.73 Å². The van der Waals surface area contributed by atoms with Crippen molar-refractivity contribution in [2.75, 3.05) is 0 Å². The van der Waals surface area contributed by atoms with Gasteiger partial charge in [0.25, 0.3) is 0 Å². The molecule has 1 rings (SSSR count). The molecular weight excluding hydrogens is 170 g/mol. The third kappa shape index (κ3) is 2.38. The van der Waals surface area contributed by atoms with Crippen molar-refractivity contribution in [1.82, 2.24) is 0 Å². The number of hydrogen-bond donors (Lipinski definition) is 1. The zero-order valence-corrected chi connectivity index (χ0v) is 9.97. The first kappa shape index (κ1) is 11.8. The van der Waals surface area contributed by atoms with Gasteiger partial charge in [0, 0.05) is 6.04 Å². The maximum absolute atomic E-state index is 6.31. The molecular formula is C13H25N. The van der Waals surface area contributed by atoms with Crippen LogP contribution in [0.4, 0.5) is 0 Å². The normalized spacial score (nSPS) is 22.6. The van der Waals surface area contributed by atoms with Crippen LogP contribution in [0.25, 0.3) is 0 Å². The van der Waals surface area contributed by atoms with Gasteiger partial charge in [-0.3, -0.25) is 0 Å². The first-order chi connectivity index (χ1) is 6.48. The molecule has 1 unspecified atom stereocenters. The zero-order chi connectivity index (χ0) is 10.8. The minimum Gasteiger partial charge on any atom is -0.324 e. The summed E-state index contributed by atoms with van der Waals surface area (Å²) in [7, 11) is 0. The van der Waals surface area contributed by atoms with Crippen LogP contribution in [0.2, 0.25) is 0 Å². The van der Waals surface area contributed by atoms with E-state index in [2.05, 4.69) is 27.4 Å². The molecule has 1 heteroatoms. The van der Waals surface area contributed by atoms with E-state index in [-0.39, 0.29) is 6.04 Å². The van der Waals surface area contributed by atoms with Crippen LogP contribution < -0.4 is 5.73 Å². The fourth-order valence-corrected chi connectivity index (χ4v) is 3.06. The summed E-state index contributed by atoms with van der Waals surface area (Å²) in [6, 6.07) is 0.215. The van der Waals surface area contributed by atoms with Crippen molar-refractivity contribution >= 4 is 0 Å². The number of hydrogen-bond acceptors (Lipinski definition) is 1. The van der Waals surface area contributed by atoms with Gasteiger partial charge < -0.3 is 5.73 Å². The lowest BCUT2D eigenvalue weighted by atomic mass is 9.71. The van der Waals surface area contributed by atoms with Crippen LogP contribution in [0.5, 0.6) is 0 Å². The van der Waals surface area contributed by atoms with Crippen molar-refractivity contribution in [3.63, 3.8) is 0 Å². The summed E-state index contributed by atoms with van der Waals surface area (Å²) in [6.07, 6.45) is 6.58. The van der Waals surface area contributed by atoms with Gasteiger partial charge in [-0.05, 0) is 37.5 Å². The van der Waals surface area contributed by atoms with Crippen molar-refractivity contribution in [3.05, 3.63) is 12.2 Å². The second-order valence-corrected chi connectivity index (χ2v) is 5.49. The Morgan fingerprint density at radius 2 is 1.86 bits per heavy atom. The molecule has 0 saturated heterocycles. The molecule has 1 aliphatic rings. The first-order valence-electron chi connectivity index (χ1n) is 5.89. The summed E-state index contributed by atoms with van der Waals surface area (Å²) in [5, 5.41) is 0. The molecule has 14 heavy (non-hydrogen) atoms. The summed E-state index contributed by atoms with van der Waals surface area (Å²) in [5.74, 6) is 0.749. The smallest absolute Gasteiger partial charge is 0.0305 e. The van der Waals surface area contributed by atoms with E-state index in [0.29, 0.717) is 5.41 Å². The highest BCUT2D eigenvalue weighted by Gasteiger charge is 2.39. The quantitative estimate of drug-likeness (QED) is 0.683. The molecule has 0 aliphatic heterocycles. The second kappa shape index (κ2) is 4.48. The van der Waals surface area contributed by atoms with Crippen LogP contribution in [-0.2, 0) is 0 Å². The fourth-order valence-electron chi connectivity index (χ4n) is 3.06. The Morgan fingerprint density at radius 3 is 2.21 bits per heavy atom. The highest BCUT2D eigenvalue weighted by atomic mass is 14.7. The van der Waals surface area contributed by atoms with Crippen LogP contribution in [0, 0.1) is 11.3 Å². The molecule has 1 saturated carbocycles. The Balaban J connectivity index is 2.75. The lowest BCUT2D eigenvalue weighted by molar-refractivity contribution is 0.202. The third-order valence-corrected chi connectivity index (χ3v) is 3.60. The van der Waals surface area contributed by atoms with Crippen molar-refractivity contribution < 1.29 is 0 Å². The van der Waals surface area contributed by atoms with Crippen molar-refractivity contribution in [2.45, 2.75) is 58.9 Å². The molecule has 0 spiro atoms. The minimum absolute atomic E-state index is 0.215. The molecule has 0 aromatic heterocycles. The van der Waals surface area contributed by atoms with Gasteiger partial charge in [-0.15, -0.1) is 0 Å². The van der Waals surface area contributed by atoms with Gasteiger partial charge in [0.05, 0.1) is 0 Å². The van der Waals surface area contributed by atoms with Gasteiger partial charge >= 0.3 is 0 Å². The summed E-state index contributed by atoms with van der Waals surface area (Å²) < 4.78 is 0. The van der Waals surface area contributed by atoms with Crippen molar-refractivity contribution in [1.29, 1.82) is 0 Å². The molecule has 2 N–H and O–H groups in total. The lowest BCUT2D eigenvalue weighted by Crippen LogP contribution is -2.41.